The summed E-state index contributed by atoms with van der Waals surface area (Å²) in [5.74, 6) is 0.452. The number of nitrogens with one attached hydrogen (secondary N) is 1. The molecule has 0 radical (unpaired) electrons. The highest BCUT2D eigenvalue weighted by Gasteiger charge is 2.40. The van der Waals surface area contributed by atoms with Gasteiger partial charge >= 0.3 is 6.09 Å². The third-order valence-electron chi connectivity index (χ3n) is 7.61. The number of aryl methyl sites for hydroxylation is 1. The molecule has 1 fully saturated rings. The summed E-state index contributed by atoms with van der Waals surface area (Å²) in [6.07, 6.45) is 4.76. The van der Waals surface area contributed by atoms with Crippen molar-refractivity contribution in [3.63, 3.8) is 0 Å². The summed E-state index contributed by atoms with van der Waals surface area (Å²) in [7, 11) is 1.86. The maximum atomic E-state index is 14.1. The van der Waals surface area contributed by atoms with Crippen LogP contribution in [0.4, 0.5) is 4.79 Å². The number of hydrogen-bond donors (Lipinski definition) is 2. The number of fused-ring (bicyclic) bond motifs is 1. The maximum Gasteiger partial charge on any atom is 0.405 e. The smallest absolute Gasteiger partial charge is 0.405 e. The highest BCUT2D eigenvalue weighted by Crippen LogP contribution is 2.42. The number of carboxylic acid groups (broad SMARTS) is 1. The van der Waals surface area contributed by atoms with E-state index in [2.05, 4.69) is 15.4 Å². The molecule has 190 valence electrons. The van der Waals surface area contributed by atoms with Gasteiger partial charge in [0.15, 0.2) is 5.58 Å². The van der Waals surface area contributed by atoms with Crippen LogP contribution in [0.3, 0.4) is 0 Å². The lowest BCUT2D eigenvalue weighted by molar-refractivity contribution is 0.144. The minimum Gasteiger partial charge on any atom is -0.465 e. The molecule has 0 unspecified atom stereocenters. The Morgan fingerprint density at radius 2 is 1.79 bits per heavy atom. The van der Waals surface area contributed by atoms with E-state index in [0.29, 0.717) is 33.6 Å². The van der Waals surface area contributed by atoms with Crippen LogP contribution in [0.5, 0.6) is 0 Å². The summed E-state index contributed by atoms with van der Waals surface area (Å²) in [5, 5.41) is 16.8. The van der Waals surface area contributed by atoms with E-state index in [9.17, 15) is 14.7 Å². The van der Waals surface area contributed by atoms with E-state index in [4.69, 9.17) is 4.42 Å². The molecule has 0 atom stereocenters. The first kappa shape index (κ1) is 23.7. The average molecular weight is 507 g/mol. The van der Waals surface area contributed by atoms with Crippen LogP contribution in [0.1, 0.15) is 30.5 Å². The zero-order valence-corrected chi connectivity index (χ0v) is 21.1. The van der Waals surface area contributed by atoms with Gasteiger partial charge in [-0.15, -0.1) is 0 Å². The monoisotopic (exact) mass is 506 g/mol. The highest BCUT2D eigenvalue weighted by atomic mass is 16.4. The second-order valence-corrected chi connectivity index (χ2v) is 9.75. The Balaban J connectivity index is 1.57. The van der Waals surface area contributed by atoms with Crippen LogP contribution >= 0.6 is 0 Å². The second kappa shape index (κ2) is 8.99. The number of aromatic nitrogens is 3. The number of rotatable bonds is 5. The largest absolute Gasteiger partial charge is 0.465 e. The Hall–Kier alpha value is -4.72. The number of amides is 1. The molecule has 6 rings (SSSR count). The van der Waals surface area contributed by atoms with Gasteiger partial charge in [0.2, 0.25) is 5.43 Å². The zero-order chi connectivity index (χ0) is 26.4. The Labute approximate surface area is 218 Å². The second-order valence-electron chi connectivity index (χ2n) is 9.75. The molecule has 1 aliphatic rings. The Bertz CT molecular complexity index is 1730. The van der Waals surface area contributed by atoms with E-state index < -0.39 is 11.6 Å². The van der Waals surface area contributed by atoms with Crippen molar-refractivity contribution in [2.75, 3.05) is 0 Å². The molecule has 0 aliphatic heterocycles. The van der Waals surface area contributed by atoms with Crippen molar-refractivity contribution in [3.8, 4) is 33.7 Å². The van der Waals surface area contributed by atoms with Crippen molar-refractivity contribution >= 4 is 17.1 Å². The number of hydrogen-bond acceptors (Lipinski definition) is 5. The molecule has 1 aliphatic carbocycles. The Morgan fingerprint density at radius 1 is 1.05 bits per heavy atom. The van der Waals surface area contributed by atoms with Crippen LogP contribution in [0.15, 0.2) is 82.3 Å². The van der Waals surface area contributed by atoms with Crippen molar-refractivity contribution < 1.29 is 14.3 Å². The maximum absolute atomic E-state index is 14.1. The van der Waals surface area contributed by atoms with Crippen molar-refractivity contribution in [3.05, 3.63) is 94.5 Å². The van der Waals surface area contributed by atoms with Gasteiger partial charge in [-0.2, -0.15) is 5.10 Å². The molecule has 3 aromatic heterocycles. The van der Waals surface area contributed by atoms with E-state index >= 15 is 0 Å². The Morgan fingerprint density at radius 3 is 2.39 bits per heavy atom. The highest BCUT2D eigenvalue weighted by molar-refractivity contribution is 5.95. The van der Waals surface area contributed by atoms with E-state index in [1.165, 1.54) is 0 Å². The first-order valence-corrected chi connectivity index (χ1v) is 12.5. The first-order chi connectivity index (χ1) is 18.4. The summed E-state index contributed by atoms with van der Waals surface area (Å²) in [4.78, 5) is 30.1. The van der Waals surface area contributed by atoms with Crippen molar-refractivity contribution in [2.45, 2.75) is 31.7 Å². The van der Waals surface area contributed by atoms with E-state index in [1.54, 1.807) is 23.1 Å². The van der Waals surface area contributed by atoms with Crippen molar-refractivity contribution in [2.24, 2.45) is 7.05 Å². The van der Waals surface area contributed by atoms with E-state index in [0.717, 1.165) is 41.6 Å². The van der Waals surface area contributed by atoms with Gasteiger partial charge in [0.1, 0.15) is 11.5 Å². The van der Waals surface area contributed by atoms with Crippen LogP contribution in [0.2, 0.25) is 0 Å². The molecule has 0 saturated heterocycles. The minimum absolute atomic E-state index is 0.162. The van der Waals surface area contributed by atoms with Gasteiger partial charge in [0.25, 0.3) is 0 Å². The molecule has 3 heterocycles. The van der Waals surface area contributed by atoms with Crippen LogP contribution < -0.4 is 10.7 Å². The van der Waals surface area contributed by atoms with Crippen LogP contribution in [0, 0.1) is 6.92 Å². The fraction of sp³-hybridized carbons (Fsp3) is 0.200. The molecule has 8 nitrogen and oxygen atoms in total. The predicted molar refractivity (Wildman–Crippen MR) is 145 cm³/mol. The SMILES string of the molecule is Cc1c(-c2nccc3c(=O)c(-c4ccc(C5(NC(=O)O)CCC5)cc4)c(-c4ccccc4)oc23)cnn1C. The summed E-state index contributed by atoms with van der Waals surface area (Å²) < 4.78 is 8.32. The quantitative estimate of drug-likeness (QED) is 0.308. The first-order valence-electron chi connectivity index (χ1n) is 12.5. The van der Waals surface area contributed by atoms with Crippen molar-refractivity contribution in [1.82, 2.24) is 20.1 Å². The molecule has 1 amide bonds. The van der Waals surface area contributed by atoms with Gasteiger partial charge in [-0.25, -0.2) is 4.79 Å². The molecular formula is C30H26N4O4. The Kier molecular flexibility index (Phi) is 5.60. The van der Waals surface area contributed by atoms with Crippen LogP contribution in [-0.4, -0.2) is 26.0 Å². The molecule has 8 heteroatoms. The summed E-state index contributed by atoms with van der Waals surface area (Å²) in [6, 6.07) is 18.8. The lowest BCUT2D eigenvalue weighted by Gasteiger charge is -2.42. The molecular weight excluding hydrogens is 480 g/mol. The van der Waals surface area contributed by atoms with Crippen molar-refractivity contribution in [1.29, 1.82) is 0 Å². The fourth-order valence-corrected chi connectivity index (χ4v) is 5.28. The lowest BCUT2D eigenvalue weighted by atomic mass is 9.71. The number of benzene rings is 2. The molecule has 2 N–H and O–H groups in total. The summed E-state index contributed by atoms with van der Waals surface area (Å²) >= 11 is 0. The van der Waals surface area contributed by atoms with Crippen LogP contribution in [-0.2, 0) is 12.6 Å². The van der Waals surface area contributed by atoms with Gasteiger partial charge in [0.05, 0.1) is 22.7 Å². The lowest BCUT2D eigenvalue weighted by Crippen LogP contribution is -2.50. The van der Waals surface area contributed by atoms with Gasteiger partial charge in [-0.3, -0.25) is 14.5 Å². The molecule has 38 heavy (non-hydrogen) atoms. The van der Waals surface area contributed by atoms with E-state index in [-0.39, 0.29) is 5.43 Å². The van der Waals surface area contributed by atoms with Gasteiger partial charge < -0.3 is 14.8 Å². The van der Waals surface area contributed by atoms with Gasteiger partial charge in [-0.05, 0) is 43.4 Å². The molecule has 1 saturated carbocycles. The number of carbonyl (C=O) groups is 1. The standard InChI is InChI=1S/C30H26N4O4/c1-18-23(17-32-34(18)2)25-28-22(13-16-31-25)26(35)24(27(38-28)20-7-4-3-5-8-20)19-9-11-21(12-10-19)30(14-6-15-30)33-29(36)37/h3-5,7-13,16-17,33H,6,14-15H2,1-2H3,(H,36,37). The molecule has 5 aromatic rings. The average Bonchev–Trinajstić information content (AvgIpc) is 3.24. The normalized spacial score (nSPS) is 14.3. The zero-order valence-electron chi connectivity index (χ0n) is 21.1. The van der Waals surface area contributed by atoms with Crippen LogP contribution in [0.25, 0.3) is 44.7 Å². The van der Waals surface area contributed by atoms with E-state index in [1.807, 2.05) is 68.6 Å². The third kappa shape index (κ3) is 3.76. The summed E-state index contributed by atoms with van der Waals surface area (Å²) in [5.41, 5.74) is 4.75. The summed E-state index contributed by atoms with van der Waals surface area (Å²) in [6.45, 7) is 1.95. The number of pyridine rings is 1. The molecule has 0 spiro atoms. The third-order valence-corrected chi connectivity index (χ3v) is 7.61. The van der Waals surface area contributed by atoms with Gasteiger partial charge in [0, 0.05) is 30.1 Å². The molecule has 2 aromatic carbocycles. The molecule has 0 bridgehead atoms. The number of nitrogens with zero attached hydrogens (tertiary/aromatic N) is 3. The topological polar surface area (TPSA) is 110 Å². The predicted octanol–water partition coefficient (Wildman–Crippen LogP) is 5.88. The minimum atomic E-state index is -1.04. The van der Waals surface area contributed by atoms with Gasteiger partial charge in [-0.1, -0.05) is 54.6 Å². The fourth-order valence-electron chi connectivity index (χ4n) is 5.28.